The number of halogens is 1. The zero-order chi connectivity index (χ0) is 13.6. The van der Waals surface area contributed by atoms with Crippen LogP contribution < -0.4 is 5.32 Å². The Morgan fingerprint density at radius 2 is 1.83 bits per heavy atom. The van der Waals surface area contributed by atoms with Crippen LogP contribution in [0.1, 0.15) is 34.1 Å². The highest BCUT2D eigenvalue weighted by Gasteiger charge is 2.23. The summed E-state index contributed by atoms with van der Waals surface area (Å²) in [5.74, 6) is 1.09. The molecule has 102 valence electrons. The van der Waals surface area contributed by atoms with E-state index in [0.717, 1.165) is 17.3 Å². The Balaban J connectivity index is 2.53. The van der Waals surface area contributed by atoms with Crippen molar-refractivity contribution in [3.63, 3.8) is 0 Å². The third-order valence-corrected chi connectivity index (χ3v) is 4.27. The van der Waals surface area contributed by atoms with Crippen LogP contribution in [0, 0.1) is 5.41 Å². The van der Waals surface area contributed by atoms with Crippen LogP contribution in [0.3, 0.4) is 0 Å². The van der Waals surface area contributed by atoms with Gasteiger partial charge in [-0.25, -0.2) is 0 Å². The van der Waals surface area contributed by atoms with Gasteiger partial charge in [-0.15, -0.1) is 11.8 Å². The van der Waals surface area contributed by atoms with Crippen molar-refractivity contribution in [1.82, 2.24) is 5.32 Å². The van der Waals surface area contributed by atoms with E-state index in [-0.39, 0.29) is 5.41 Å². The summed E-state index contributed by atoms with van der Waals surface area (Å²) in [7, 11) is 0. The van der Waals surface area contributed by atoms with Gasteiger partial charge in [0.25, 0.3) is 0 Å². The summed E-state index contributed by atoms with van der Waals surface area (Å²) in [5.41, 5.74) is 0.286. The maximum atomic E-state index is 5.89. The Morgan fingerprint density at radius 1 is 1.22 bits per heavy atom. The Labute approximate surface area is 121 Å². The van der Waals surface area contributed by atoms with Crippen molar-refractivity contribution in [3.8, 4) is 0 Å². The summed E-state index contributed by atoms with van der Waals surface area (Å²) in [4.78, 5) is 1.28. The van der Waals surface area contributed by atoms with Crippen LogP contribution in [-0.2, 0) is 0 Å². The van der Waals surface area contributed by atoms with Crippen molar-refractivity contribution in [2.75, 3.05) is 12.3 Å². The average molecular weight is 286 g/mol. The van der Waals surface area contributed by atoms with Gasteiger partial charge in [0.05, 0.1) is 0 Å². The largest absolute Gasteiger partial charge is 0.313 e. The molecule has 0 aliphatic carbocycles. The topological polar surface area (TPSA) is 12.0 Å². The van der Waals surface area contributed by atoms with E-state index in [1.807, 2.05) is 23.9 Å². The number of benzene rings is 1. The van der Waals surface area contributed by atoms with Gasteiger partial charge in [0.15, 0.2) is 0 Å². The van der Waals surface area contributed by atoms with E-state index < -0.39 is 0 Å². The highest BCUT2D eigenvalue weighted by atomic mass is 35.5. The Kier molecular flexibility index (Phi) is 6.54. The van der Waals surface area contributed by atoms with Crippen molar-refractivity contribution < 1.29 is 0 Å². The third kappa shape index (κ3) is 5.64. The molecular formula is C15H24ClNS. The van der Waals surface area contributed by atoms with Crippen LogP contribution in [0.5, 0.6) is 0 Å². The SMILES string of the molecule is CCCNC(CSc1ccc(Cl)cc1)C(C)(C)C. The molecule has 0 heterocycles. The van der Waals surface area contributed by atoms with E-state index in [4.69, 9.17) is 11.6 Å². The predicted molar refractivity (Wildman–Crippen MR) is 83.7 cm³/mol. The summed E-state index contributed by atoms with van der Waals surface area (Å²) in [6.45, 7) is 10.2. The molecule has 0 aromatic heterocycles. The molecule has 0 fully saturated rings. The molecule has 18 heavy (non-hydrogen) atoms. The van der Waals surface area contributed by atoms with Gasteiger partial charge in [0.1, 0.15) is 0 Å². The van der Waals surface area contributed by atoms with Crippen molar-refractivity contribution in [1.29, 1.82) is 0 Å². The molecule has 1 N–H and O–H groups in total. The molecule has 1 nitrogen and oxygen atoms in total. The van der Waals surface area contributed by atoms with E-state index in [1.54, 1.807) is 0 Å². The molecule has 0 radical (unpaired) electrons. The fraction of sp³-hybridized carbons (Fsp3) is 0.600. The maximum absolute atomic E-state index is 5.89. The van der Waals surface area contributed by atoms with Crippen LogP contribution in [0.4, 0.5) is 0 Å². The van der Waals surface area contributed by atoms with Crippen LogP contribution in [-0.4, -0.2) is 18.3 Å². The summed E-state index contributed by atoms with van der Waals surface area (Å²) in [6.07, 6.45) is 1.18. The fourth-order valence-corrected chi connectivity index (χ4v) is 3.08. The molecule has 0 saturated carbocycles. The lowest BCUT2D eigenvalue weighted by atomic mass is 9.88. The van der Waals surface area contributed by atoms with Crippen LogP contribution in [0.25, 0.3) is 0 Å². The van der Waals surface area contributed by atoms with Gasteiger partial charge in [-0.1, -0.05) is 39.3 Å². The van der Waals surface area contributed by atoms with Crippen molar-refractivity contribution in [2.45, 2.75) is 45.1 Å². The number of thioether (sulfide) groups is 1. The van der Waals surface area contributed by atoms with Crippen molar-refractivity contribution in [2.24, 2.45) is 5.41 Å². The lowest BCUT2D eigenvalue weighted by molar-refractivity contribution is 0.292. The van der Waals surface area contributed by atoms with Gasteiger partial charge >= 0.3 is 0 Å². The Bertz CT molecular complexity index is 343. The van der Waals surface area contributed by atoms with Gasteiger partial charge in [0.2, 0.25) is 0 Å². The van der Waals surface area contributed by atoms with E-state index in [9.17, 15) is 0 Å². The number of hydrogen-bond acceptors (Lipinski definition) is 2. The quantitative estimate of drug-likeness (QED) is 0.750. The second-order valence-corrected chi connectivity index (χ2v) is 7.17. The molecule has 0 amide bonds. The molecular weight excluding hydrogens is 262 g/mol. The van der Waals surface area contributed by atoms with E-state index >= 15 is 0 Å². The Hall–Kier alpha value is -0.180. The average Bonchev–Trinajstić information content (AvgIpc) is 2.30. The van der Waals surface area contributed by atoms with Crippen molar-refractivity contribution >= 4 is 23.4 Å². The lowest BCUT2D eigenvalue weighted by Gasteiger charge is -2.31. The minimum absolute atomic E-state index is 0.286. The second-order valence-electron chi connectivity index (χ2n) is 5.64. The molecule has 0 aliphatic rings. The van der Waals surface area contributed by atoms with Gasteiger partial charge in [-0.05, 0) is 42.6 Å². The normalized spacial score (nSPS) is 13.6. The molecule has 1 rings (SSSR count). The molecule has 1 aromatic carbocycles. The highest BCUT2D eigenvalue weighted by Crippen LogP contribution is 2.27. The minimum Gasteiger partial charge on any atom is -0.313 e. The molecule has 1 unspecified atom stereocenters. The van der Waals surface area contributed by atoms with Gasteiger partial charge in [-0.3, -0.25) is 0 Å². The number of nitrogens with one attached hydrogen (secondary N) is 1. The summed E-state index contributed by atoms with van der Waals surface area (Å²) in [5, 5.41) is 4.45. The third-order valence-electron chi connectivity index (χ3n) is 2.92. The van der Waals surface area contributed by atoms with Crippen LogP contribution >= 0.6 is 23.4 Å². The predicted octanol–water partition coefficient (Wildman–Crippen LogP) is 4.85. The molecule has 0 bridgehead atoms. The first-order valence-corrected chi connectivity index (χ1v) is 7.91. The maximum Gasteiger partial charge on any atom is 0.0406 e. The van der Waals surface area contributed by atoms with E-state index in [1.165, 1.54) is 11.3 Å². The van der Waals surface area contributed by atoms with E-state index in [0.29, 0.717) is 6.04 Å². The van der Waals surface area contributed by atoms with Gasteiger partial charge in [0, 0.05) is 21.7 Å². The first-order valence-electron chi connectivity index (χ1n) is 6.55. The molecule has 0 saturated heterocycles. The molecule has 1 atom stereocenters. The number of hydrogen-bond donors (Lipinski definition) is 1. The lowest BCUT2D eigenvalue weighted by Crippen LogP contribution is -2.42. The molecule has 0 spiro atoms. The summed E-state index contributed by atoms with van der Waals surface area (Å²) in [6, 6.07) is 8.61. The zero-order valence-corrected chi connectivity index (χ0v) is 13.4. The van der Waals surface area contributed by atoms with Gasteiger partial charge in [-0.2, -0.15) is 0 Å². The monoisotopic (exact) mass is 285 g/mol. The smallest absolute Gasteiger partial charge is 0.0406 e. The van der Waals surface area contributed by atoms with Crippen molar-refractivity contribution in [3.05, 3.63) is 29.3 Å². The standard InChI is InChI=1S/C15H24ClNS/c1-5-10-17-14(15(2,3)4)11-18-13-8-6-12(16)7-9-13/h6-9,14,17H,5,10-11H2,1-4H3. The van der Waals surface area contributed by atoms with Gasteiger partial charge < -0.3 is 5.32 Å². The summed E-state index contributed by atoms with van der Waals surface area (Å²) < 4.78 is 0. The summed E-state index contributed by atoms with van der Waals surface area (Å²) >= 11 is 7.79. The first-order chi connectivity index (χ1) is 8.43. The number of rotatable bonds is 6. The molecule has 0 aliphatic heterocycles. The minimum atomic E-state index is 0.286. The Morgan fingerprint density at radius 3 is 2.33 bits per heavy atom. The molecule has 3 heteroatoms. The second kappa shape index (κ2) is 7.42. The van der Waals surface area contributed by atoms with Crippen LogP contribution in [0.2, 0.25) is 5.02 Å². The molecule has 1 aromatic rings. The van der Waals surface area contributed by atoms with Crippen LogP contribution in [0.15, 0.2) is 29.2 Å². The van der Waals surface area contributed by atoms with E-state index in [2.05, 4.69) is 45.1 Å². The first kappa shape index (κ1) is 15.9. The highest BCUT2D eigenvalue weighted by molar-refractivity contribution is 7.99. The zero-order valence-electron chi connectivity index (χ0n) is 11.8. The fourth-order valence-electron chi connectivity index (χ4n) is 1.64.